The second-order valence-corrected chi connectivity index (χ2v) is 4.34. The number of nitrogens with zero attached hydrogens (tertiary/aromatic N) is 1. The molecule has 0 aliphatic rings. The summed E-state index contributed by atoms with van der Waals surface area (Å²) in [6.45, 7) is 4.11. The number of rotatable bonds is 6. The van der Waals surface area contributed by atoms with Crippen LogP contribution in [0.2, 0.25) is 0 Å². The lowest BCUT2D eigenvalue weighted by Crippen LogP contribution is -2.17. The van der Waals surface area contributed by atoms with E-state index in [9.17, 15) is 9.59 Å². The first-order valence-corrected chi connectivity index (χ1v) is 6.59. The average molecular weight is 286 g/mol. The number of carbonyl (C=O) groups is 2. The van der Waals surface area contributed by atoms with E-state index < -0.39 is 5.91 Å². The van der Waals surface area contributed by atoms with Crippen LogP contribution in [-0.2, 0) is 9.59 Å². The lowest BCUT2D eigenvalue weighted by Gasteiger charge is -2.06. The van der Waals surface area contributed by atoms with E-state index in [0.717, 1.165) is 6.42 Å². The summed E-state index contributed by atoms with van der Waals surface area (Å²) in [5, 5.41) is 17.1. The van der Waals surface area contributed by atoms with Crippen molar-refractivity contribution in [3.05, 3.63) is 36.0 Å². The van der Waals surface area contributed by atoms with Gasteiger partial charge >= 0.3 is 0 Å². The van der Waals surface area contributed by atoms with Crippen LogP contribution in [0.3, 0.4) is 0 Å². The molecule has 1 rings (SSSR count). The number of anilines is 2. The molecule has 0 heterocycles. The second kappa shape index (κ2) is 8.38. The van der Waals surface area contributed by atoms with E-state index in [-0.39, 0.29) is 11.5 Å². The minimum atomic E-state index is -0.478. The molecule has 0 saturated heterocycles. The Hall–Kier alpha value is -2.81. The van der Waals surface area contributed by atoms with Crippen molar-refractivity contribution in [2.75, 3.05) is 17.2 Å². The Balaban J connectivity index is 2.67. The fourth-order valence-corrected chi connectivity index (χ4v) is 1.51. The normalized spacial score (nSPS) is 10.4. The minimum absolute atomic E-state index is 0.00869. The van der Waals surface area contributed by atoms with Crippen molar-refractivity contribution < 1.29 is 9.59 Å². The smallest absolute Gasteiger partial charge is 0.267 e. The second-order valence-electron chi connectivity index (χ2n) is 4.34. The third kappa shape index (κ3) is 5.78. The molecule has 0 radical (unpaired) electrons. The summed E-state index contributed by atoms with van der Waals surface area (Å²) < 4.78 is 0. The highest BCUT2D eigenvalue weighted by Crippen LogP contribution is 2.14. The van der Waals surface area contributed by atoms with Crippen LogP contribution in [0.1, 0.15) is 20.3 Å². The maximum atomic E-state index is 11.9. The molecule has 6 nitrogen and oxygen atoms in total. The minimum Gasteiger partial charge on any atom is -0.390 e. The third-order valence-electron chi connectivity index (χ3n) is 2.47. The summed E-state index contributed by atoms with van der Waals surface area (Å²) in [6, 6.07) is 8.49. The first-order valence-electron chi connectivity index (χ1n) is 6.59. The fraction of sp³-hybridized carbons (Fsp3) is 0.267. The van der Waals surface area contributed by atoms with Crippen molar-refractivity contribution in [1.29, 1.82) is 5.26 Å². The van der Waals surface area contributed by atoms with E-state index in [1.807, 2.05) is 13.0 Å². The van der Waals surface area contributed by atoms with Crippen molar-refractivity contribution in [2.45, 2.75) is 20.3 Å². The van der Waals surface area contributed by atoms with Gasteiger partial charge in [-0.15, -0.1) is 0 Å². The molecule has 1 aromatic rings. The Labute approximate surface area is 123 Å². The number of amides is 2. The molecule has 3 N–H and O–H groups in total. The number of hydrogen-bond donors (Lipinski definition) is 3. The molecular weight excluding hydrogens is 268 g/mol. The van der Waals surface area contributed by atoms with Crippen LogP contribution in [0.15, 0.2) is 36.0 Å². The number of carbonyl (C=O) groups excluding carboxylic acids is 2. The van der Waals surface area contributed by atoms with E-state index in [2.05, 4.69) is 16.0 Å². The van der Waals surface area contributed by atoms with Gasteiger partial charge in [-0.05, 0) is 30.7 Å². The van der Waals surface area contributed by atoms with E-state index >= 15 is 0 Å². The van der Waals surface area contributed by atoms with Gasteiger partial charge in [0, 0.05) is 31.0 Å². The molecule has 6 heteroatoms. The molecule has 0 spiro atoms. The van der Waals surface area contributed by atoms with Gasteiger partial charge in [0.1, 0.15) is 11.6 Å². The number of benzene rings is 1. The van der Waals surface area contributed by atoms with E-state index in [4.69, 9.17) is 5.26 Å². The van der Waals surface area contributed by atoms with Crippen molar-refractivity contribution in [2.24, 2.45) is 0 Å². The summed E-state index contributed by atoms with van der Waals surface area (Å²) >= 11 is 0. The Morgan fingerprint density at radius 2 is 1.76 bits per heavy atom. The van der Waals surface area contributed by atoms with Gasteiger partial charge in [-0.25, -0.2) is 0 Å². The lowest BCUT2D eigenvalue weighted by molar-refractivity contribution is -0.114. The number of hydrogen-bond acceptors (Lipinski definition) is 4. The molecule has 110 valence electrons. The lowest BCUT2D eigenvalue weighted by atomic mass is 10.2. The summed E-state index contributed by atoms with van der Waals surface area (Å²) in [6.07, 6.45) is 2.31. The van der Waals surface area contributed by atoms with Gasteiger partial charge in [0.05, 0.1) is 0 Å². The van der Waals surface area contributed by atoms with Crippen LogP contribution in [0.5, 0.6) is 0 Å². The van der Waals surface area contributed by atoms with Gasteiger partial charge in [-0.1, -0.05) is 6.92 Å². The van der Waals surface area contributed by atoms with Gasteiger partial charge in [0.15, 0.2) is 0 Å². The van der Waals surface area contributed by atoms with Crippen molar-refractivity contribution >= 4 is 23.2 Å². The van der Waals surface area contributed by atoms with Gasteiger partial charge in [-0.2, -0.15) is 5.26 Å². The molecular formula is C15H18N4O2. The SMILES string of the molecule is CCCN/C=C(/C#N)C(=O)Nc1ccc(NC(C)=O)cc1. The molecule has 0 aliphatic carbocycles. The standard InChI is InChI=1S/C15H18N4O2/c1-3-8-17-10-12(9-16)15(21)19-14-6-4-13(5-7-14)18-11(2)20/h4-7,10,17H,3,8H2,1-2H3,(H,18,20)(H,19,21)/b12-10-. The van der Waals surface area contributed by atoms with Crippen LogP contribution < -0.4 is 16.0 Å². The molecule has 0 atom stereocenters. The largest absolute Gasteiger partial charge is 0.390 e. The van der Waals surface area contributed by atoms with E-state index in [1.54, 1.807) is 24.3 Å². The van der Waals surface area contributed by atoms with Crippen molar-refractivity contribution in [3.8, 4) is 6.07 Å². The average Bonchev–Trinajstić information content (AvgIpc) is 2.45. The van der Waals surface area contributed by atoms with Gasteiger partial charge in [0.25, 0.3) is 5.91 Å². The Bertz CT molecular complexity index is 570. The zero-order chi connectivity index (χ0) is 15.7. The van der Waals surface area contributed by atoms with Gasteiger partial charge in [-0.3, -0.25) is 9.59 Å². The highest BCUT2D eigenvalue weighted by atomic mass is 16.2. The zero-order valence-corrected chi connectivity index (χ0v) is 12.1. The molecule has 1 aromatic carbocycles. The Morgan fingerprint density at radius 3 is 2.24 bits per heavy atom. The van der Waals surface area contributed by atoms with Crippen LogP contribution >= 0.6 is 0 Å². The molecule has 2 amide bonds. The highest BCUT2D eigenvalue weighted by Gasteiger charge is 2.09. The van der Waals surface area contributed by atoms with Crippen LogP contribution in [0, 0.1) is 11.3 Å². The Kier molecular flexibility index (Phi) is 6.48. The van der Waals surface area contributed by atoms with Gasteiger partial charge < -0.3 is 16.0 Å². The molecule has 0 unspecified atom stereocenters. The first-order chi connectivity index (χ1) is 10.1. The molecule has 0 aliphatic heterocycles. The summed E-state index contributed by atoms with van der Waals surface area (Å²) in [4.78, 5) is 22.8. The summed E-state index contributed by atoms with van der Waals surface area (Å²) in [5.74, 6) is -0.642. The quantitative estimate of drug-likeness (QED) is 0.423. The van der Waals surface area contributed by atoms with Crippen LogP contribution in [0.4, 0.5) is 11.4 Å². The van der Waals surface area contributed by atoms with Crippen molar-refractivity contribution in [3.63, 3.8) is 0 Å². The molecule has 0 aromatic heterocycles. The maximum absolute atomic E-state index is 11.9. The van der Waals surface area contributed by atoms with E-state index in [0.29, 0.717) is 17.9 Å². The maximum Gasteiger partial charge on any atom is 0.267 e. The molecule has 0 bridgehead atoms. The van der Waals surface area contributed by atoms with Crippen molar-refractivity contribution in [1.82, 2.24) is 5.32 Å². The van der Waals surface area contributed by atoms with Crippen LogP contribution in [0.25, 0.3) is 0 Å². The molecule has 0 fully saturated rings. The monoisotopic (exact) mass is 286 g/mol. The highest BCUT2D eigenvalue weighted by molar-refractivity contribution is 6.06. The zero-order valence-electron chi connectivity index (χ0n) is 12.1. The first kappa shape index (κ1) is 16.2. The van der Waals surface area contributed by atoms with Gasteiger partial charge in [0.2, 0.25) is 5.91 Å². The topological polar surface area (TPSA) is 94.0 Å². The fourth-order valence-electron chi connectivity index (χ4n) is 1.51. The predicted molar refractivity (Wildman–Crippen MR) is 81.4 cm³/mol. The van der Waals surface area contributed by atoms with E-state index in [1.165, 1.54) is 13.1 Å². The molecule has 0 saturated carbocycles. The Morgan fingerprint density at radius 1 is 1.19 bits per heavy atom. The van der Waals surface area contributed by atoms with Crippen LogP contribution in [-0.4, -0.2) is 18.4 Å². The number of nitrogens with one attached hydrogen (secondary N) is 3. The summed E-state index contributed by atoms with van der Waals surface area (Å²) in [5.41, 5.74) is 1.20. The molecule has 21 heavy (non-hydrogen) atoms. The third-order valence-corrected chi connectivity index (χ3v) is 2.47. The predicted octanol–water partition coefficient (Wildman–Crippen LogP) is 1.99. The number of nitriles is 1. The summed E-state index contributed by atoms with van der Waals surface area (Å²) in [7, 11) is 0.